The smallest absolute Gasteiger partial charge is 0.322 e. The first-order chi connectivity index (χ1) is 31.9. The predicted molar refractivity (Wildman–Crippen MR) is 247 cm³/mol. The van der Waals surface area contributed by atoms with E-state index in [9.17, 15) is 33.6 Å². The Morgan fingerprint density at radius 1 is 0.773 bits per heavy atom. The topological polar surface area (TPSA) is 215 Å². The number of benzene rings is 2. The Morgan fingerprint density at radius 2 is 1.53 bits per heavy atom. The number of urea groups is 1. The summed E-state index contributed by atoms with van der Waals surface area (Å²) < 4.78 is 0. The highest BCUT2D eigenvalue weighted by molar-refractivity contribution is 6.13. The van der Waals surface area contributed by atoms with Crippen LogP contribution in [0.4, 0.5) is 10.5 Å². The predicted octanol–water partition coefficient (Wildman–Crippen LogP) is 4.93. The maximum Gasteiger partial charge on any atom is 0.322 e. The van der Waals surface area contributed by atoms with E-state index in [4.69, 9.17) is 5.10 Å². The molecular weight excluding hydrogens is 841 g/mol. The standard InChI is InChI=1S/C49H56N10O7/c1-31(2)45(55-42(60)14-5-4-7-25-58-43(61)19-20-44(58)62)47(64)53-32(3)46(63)52-22-6-8-26-59-48(65)39(37-11-9-13-40-38(37)12-10-23-51-40)27-41(56-59)33-15-17-36(18-16-33)54-49(66)57-29-34-21-24-50-28-35(34)30-57/h9-13,15-21,23-24,28,31-32,39,45H,4-8,14,22,25-27,29-30H2,1-3H3,(H,52,63)(H,53,64)(H,54,66)(H,55,60). The van der Waals surface area contributed by atoms with Gasteiger partial charge in [-0.25, -0.2) is 9.80 Å². The zero-order chi connectivity index (χ0) is 46.7. The second kappa shape index (κ2) is 21.6. The van der Waals surface area contributed by atoms with Gasteiger partial charge in [-0.3, -0.25) is 43.6 Å². The second-order valence-corrected chi connectivity index (χ2v) is 17.2. The van der Waals surface area contributed by atoms with Crippen molar-refractivity contribution in [2.24, 2.45) is 11.0 Å². The molecule has 17 nitrogen and oxygen atoms in total. The summed E-state index contributed by atoms with van der Waals surface area (Å²) in [7, 11) is 0. The van der Waals surface area contributed by atoms with E-state index in [2.05, 4.69) is 31.2 Å². The third kappa shape index (κ3) is 11.5. The van der Waals surface area contributed by atoms with Gasteiger partial charge in [-0.2, -0.15) is 5.10 Å². The Morgan fingerprint density at radius 3 is 2.29 bits per heavy atom. The number of rotatable bonds is 19. The molecule has 66 heavy (non-hydrogen) atoms. The monoisotopic (exact) mass is 896 g/mol. The second-order valence-electron chi connectivity index (χ2n) is 17.2. The zero-order valence-electron chi connectivity index (χ0n) is 37.5. The average molecular weight is 897 g/mol. The highest BCUT2D eigenvalue weighted by Crippen LogP contribution is 2.34. The van der Waals surface area contributed by atoms with Crippen LogP contribution in [0, 0.1) is 5.92 Å². The minimum Gasteiger partial charge on any atom is -0.354 e. The van der Waals surface area contributed by atoms with Gasteiger partial charge >= 0.3 is 6.03 Å². The Bertz CT molecular complexity index is 2490. The number of imide groups is 1. The van der Waals surface area contributed by atoms with Crippen molar-refractivity contribution in [3.8, 4) is 0 Å². The highest BCUT2D eigenvalue weighted by Gasteiger charge is 2.34. The number of fused-ring (bicyclic) bond motifs is 2. The van der Waals surface area contributed by atoms with Gasteiger partial charge in [0.1, 0.15) is 12.1 Å². The normalized spacial score (nSPS) is 16.6. The first kappa shape index (κ1) is 46.7. The fraction of sp³-hybridized carbons (Fsp3) is 0.388. The lowest BCUT2D eigenvalue weighted by Crippen LogP contribution is -2.54. The number of hydrogen-bond donors (Lipinski definition) is 4. The number of pyridine rings is 2. The maximum absolute atomic E-state index is 14.2. The number of nitrogens with zero attached hydrogens (tertiary/aromatic N) is 6. The largest absolute Gasteiger partial charge is 0.354 e. The van der Waals surface area contributed by atoms with Crippen LogP contribution < -0.4 is 21.3 Å². The third-order valence-electron chi connectivity index (χ3n) is 12.0. The molecule has 3 aliphatic heterocycles. The van der Waals surface area contributed by atoms with Gasteiger partial charge in [0, 0.05) is 87.4 Å². The Kier molecular flexibility index (Phi) is 15.3. The van der Waals surface area contributed by atoms with E-state index in [-0.39, 0.29) is 54.5 Å². The summed E-state index contributed by atoms with van der Waals surface area (Å²) in [6.45, 7) is 7.08. The number of hydrogen-bond acceptors (Lipinski definition) is 10. The summed E-state index contributed by atoms with van der Waals surface area (Å²) in [6, 6.07) is 17.1. The molecule has 0 bridgehead atoms. The number of carbonyl (C=O) groups excluding carboxylic acids is 7. The van der Waals surface area contributed by atoms with Crippen LogP contribution in [-0.4, -0.2) is 104 Å². The molecule has 0 spiro atoms. The van der Waals surface area contributed by atoms with Crippen LogP contribution in [0.5, 0.6) is 0 Å². The average Bonchev–Trinajstić information content (AvgIpc) is 3.90. The molecule has 4 aromatic rings. The molecular formula is C49H56N10O7. The Balaban J connectivity index is 0.901. The molecule has 0 fully saturated rings. The quantitative estimate of drug-likeness (QED) is 0.0741. The van der Waals surface area contributed by atoms with E-state index in [1.54, 1.807) is 44.3 Å². The third-order valence-corrected chi connectivity index (χ3v) is 12.0. The van der Waals surface area contributed by atoms with Crippen LogP contribution in [0.25, 0.3) is 10.9 Å². The van der Waals surface area contributed by atoms with Crippen molar-refractivity contribution in [3.63, 3.8) is 0 Å². The summed E-state index contributed by atoms with van der Waals surface area (Å²) >= 11 is 0. The maximum atomic E-state index is 14.2. The lowest BCUT2D eigenvalue weighted by Gasteiger charge is -2.30. The van der Waals surface area contributed by atoms with Crippen LogP contribution in [-0.2, 0) is 41.9 Å². The van der Waals surface area contributed by atoms with Crippen molar-refractivity contribution in [3.05, 3.63) is 114 Å². The van der Waals surface area contributed by atoms with Gasteiger partial charge in [0.25, 0.3) is 17.7 Å². The molecule has 5 heterocycles. The van der Waals surface area contributed by atoms with Crippen molar-refractivity contribution in [2.75, 3.05) is 25.0 Å². The summed E-state index contributed by atoms with van der Waals surface area (Å²) in [5.74, 6) is -2.74. The Labute approximate surface area is 383 Å². The number of carbonyl (C=O) groups is 7. The van der Waals surface area contributed by atoms with Crippen molar-refractivity contribution in [1.29, 1.82) is 0 Å². The molecule has 8 amide bonds. The molecule has 0 aliphatic carbocycles. The van der Waals surface area contributed by atoms with Crippen LogP contribution in [0.3, 0.4) is 0 Å². The fourth-order valence-corrected chi connectivity index (χ4v) is 8.30. The molecule has 3 atom stereocenters. The lowest BCUT2D eigenvalue weighted by molar-refractivity contribution is -0.137. The van der Waals surface area contributed by atoms with Gasteiger partial charge in [0.2, 0.25) is 17.7 Å². The van der Waals surface area contributed by atoms with E-state index >= 15 is 0 Å². The van der Waals surface area contributed by atoms with Crippen molar-refractivity contribution in [1.82, 2.24) is 40.7 Å². The molecule has 0 saturated heterocycles. The number of unbranched alkanes of at least 4 members (excludes halogenated alkanes) is 3. The van der Waals surface area contributed by atoms with Crippen LogP contribution in [0.2, 0.25) is 0 Å². The lowest BCUT2D eigenvalue weighted by atomic mass is 9.86. The first-order valence-electron chi connectivity index (χ1n) is 22.6. The van der Waals surface area contributed by atoms with E-state index in [0.29, 0.717) is 70.4 Å². The number of amides is 8. The van der Waals surface area contributed by atoms with E-state index in [0.717, 1.165) is 38.9 Å². The molecule has 0 radical (unpaired) electrons. The van der Waals surface area contributed by atoms with Gasteiger partial charge < -0.3 is 26.2 Å². The van der Waals surface area contributed by atoms with Gasteiger partial charge in [0.05, 0.1) is 17.1 Å². The van der Waals surface area contributed by atoms with Crippen molar-refractivity contribution in [2.45, 2.75) is 96.8 Å². The minimum absolute atomic E-state index is 0.140. The number of hydrazone groups is 1. The molecule has 2 aromatic heterocycles. The van der Waals surface area contributed by atoms with Crippen LogP contribution in [0.1, 0.15) is 93.9 Å². The molecule has 344 valence electrons. The molecule has 7 rings (SSSR count). The van der Waals surface area contributed by atoms with Crippen molar-refractivity contribution < 1.29 is 33.6 Å². The number of nitrogens with one attached hydrogen (secondary N) is 4. The van der Waals surface area contributed by atoms with Gasteiger partial charge in [-0.1, -0.05) is 50.6 Å². The Hall–Kier alpha value is -7.30. The number of anilines is 1. The van der Waals surface area contributed by atoms with E-state index in [1.165, 1.54) is 22.1 Å². The van der Waals surface area contributed by atoms with Crippen molar-refractivity contribution >= 4 is 63.8 Å². The van der Waals surface area contributed by atoms with E-state index in [1.807, 2.05) is 60.7 Å². The minimum atomic E-state index is -0.873. The molecule has 3 unspecified atom stereocenters. The summed E-state index contributed by atoms with van der Waals surface area (Å²) in [5, 5.41) is 18.6. The molecule has 2 aromatic carbocycles. The summed E-state index contributed by atoms with van der Waals surface area (Å²) in [5.41, 5.74) is 5.93. The van der Waals surface area contributed by atoms with Crippen LogP contribution >= 0.6 is 0 Å². The van der Waals surface area contributed by atoms with Gasteiger partial charge in [-0.05, 0) is 91.1 Å². The summed E-state index contributed by atoms with van der Waals surface area (Å²) in [4.78, 5) is 101. The first-order valence-corrected chi connectivity index (χ1v) is 22.6. The van der Waals surface area contributed by atoms with Crippen LogP contribution in [0.15, 0.2) is 96.5 Å². The number of aromatic nitrogens is 2. The fourth-order valence-electron chi connectivity index (χ4n) is 8.30. The van der Waals surface area contributed by atoms with Gasteiger partial charge in [0.15, 0.2) is 0 Å². The van der Waals surface area contributed by atoms with E-state index < -0.39 is 23.9 Å². The summed E-state index contributed by atoms with van der Waals surface area (Å²) in [6.07, 6.45) is 11.0. The van der Waals surface area contributed by atoms with Gasteiger partial charge in [-0.15, -0.1) is 0 Å². The zero-order valence-corrected chi connectivity index (χ0v) is 37.5. The highest BCUT2D eigenvalue weighted by atomic mass is 16.2. The molecule has 17 heteroatoms. The molecule has 3 aliphatic rings. The molecule has 4 N–H and O–H groups in total. The molecule has 0 saturated carbocycles. The SMILES string of the molecule is CC(NC(=O)C(NC(=O)CCCCCN1C(=O)C=CC1=O)C(C)C)C(=O)NCCCCN1N=C(c2ccc(NC(=O)N3Cc4ccncc4C3)cc2)CC(c2cccc3ncccc23)C1=O.